The van der Waals surface area contributed by atoms with Gasteiger partial charge in [0, 0.05) is 36.9 Å². The van der Waals surface area contributed by atoms with Crippen LogP contribution in [-0.4, -0.2) is 42.6 Å². The number of carbonyl (C=O) groups is 1. The van der Waals surface area contributed by atoms with Crippen LogP contribution in [0.4, 0.5) is 0 Å². The maximum absolute atomic E-state index is 12.7. The number of carbonyl (C=O) groups excluding carboxylic acids is 1. The summed E-state index contributed by atoms with van der Waals surface area (Å²) in [6.45, 7) is 2.38. The Morgan fingerprint density at radius 1 is 1.23 bits per heavy atom. The number of aliphatic imine (C=N–C) groups is 2. The van der Waals surface area contributed by atoms with Crippen LogP contribution in [0.2, 0.25) is 0 Å². The van der Waals surface area contributed by atoms with Crippen molar-refractivity contribution in [2.24, 2.45) is 9.98 Å². The second-order valence-corrected chi connectivity index (χ2v) is 7.64. The molecule has 1 unspecified atom stereocenters. The van der Waals surface area contributed by atoms with Crippen molar-refractivity contribution < 1.29 is 4.79 Å². The van der Waals surface area contributed by atoms with E-state index in [1.165, 1.54) is 0 Å². The average Bonchev–Trinajstić information content (AvgIpc) is 3.51. The van der Waals surface area contributed by atoms with Gasteiger partial charge in [0.2, 0.25) is 0 Å². The number of amidine groups is 1. The molecule has 1 aliphatic heterocycles. The number of hydrogen-bond donors (Lipinski definition) is 1. The van der Waals surface area contributed by atoms with E-state index in [2.05, 4.69) is 31.5 Å². The van der Waals surface area contributed by atoms with Crippen molar-refractivity contribution in [2.75, 3.05) is 0 Å². The number of rotatable bonds is 5. The molecule has 9 heteroatoms. The van der Waals surface area contributed by atoms with Gasteiger partial charge in [-0.15, -0.1) is 0 Å². The van der Waals surface area contributed by atoms with Crippen LogP contribution >= 0.6 is 11.6 Å². The molecule has 4 heterocycles. The highest BCUT2D eigenvalue weighted by atomic mass is 35.5. The summed E-state index contributed by atoms with van der Waals surface area (Å²) in [5, 5.41) is 7.28. The lowest BCUT2D eigenvalue weighted by Crippen LogP contribution is -2.22. The van der Waals surface area contributed by atoms with Gasteiger partial charge in [-0.05, 0) is 36.8 Å². The molecule has 1 atom stereocenters. The lowest BCUT2D eigenvalue weighted by Gasteiger charge is -2.02. The van der Waals surface area contributed by atoms with E-state index in [0.29, 0.717) is 23.7 Å². The first kappa shape index (κ1) is 19.2. The van der Waals surface area contributed by atoms with E-state index in [4.69, 9.17) is 11.6 Å². The summed E-state index contributed by atoms with van der Waals surface area (Å²) in [7, 11) is 0. The first-order valence-electron chi connectivity index (χ1n) is 9.70. The van der Waals surface area contributed by atoms with Crippen molar-refractivity contribution in [3.63, 3.8) is 0 Å². The SMILES string of the molecule is Cc1cccc(-n2cc(CNC(=O)c3cn4cccc(C5=NC(Cl)C=N5)c4n3)cn2)c1. The molecule has 1 aliphatic rings. The third-order valence-electron chi connectivity index (χ3n) is 4.88. The highest BCUT2D eigenvalue weighted by Crippen LogP contribution is 2.17. The van der Waals surface area contributed by atoms with Gasteiger partial charge < -0.3 is 9.72 Å². The van der Waals surface area contributed by atoms with Gasteiger partial charge in [0.15, 0.2) is 11.3 Å². The van der Waals surface area contributed by atoms with Gasteiger partial charge in [0.05, 0.1) is 17.4 Å². The average molecular weight is 432 g/mol. The maximum atomic E-state index is 12.7. The predicted octanol–water partition coefficient (Wildman–Crippen LogP) is 3.15. The predicted molar refractivity (Wildman–Crippen MR) is 119 cm³/mol. The van der Waals surface area contributed by atoms with Crippen LogP contribution in [-0.2, 0) is 6.54 Å². The molecule has 4 aromatic rings. The standard InChI is InChI=1S/C22H18ClN7O/c1-14-4-2-5-16(8-14)30-12-15(10-26-30)9-25-22(31)18-13-29-7-3-6-17(21(29)27-18)20-24-11-19(23)28-20/h2-8,10-13,19H,9H2,1H3,(H,25,31). The Morgan fingerprint density at radius 3 is 2.94 bits per heavy atom. The molecule has 8 nitrogen and oxygen atoms in total. The molecule has 0 radical (unpaired) electrons. The Morgan fingerprint density at radius 2 is 2.13 bits per heavy atom. The van der Waals surface area contributed by atoms with Crippen LogP contribution in [0.5, 0.6) is 0 Å². The molecule has 5 rings (SSSR count). The molecule has 3 aromatic heterocycles. The molecule has 0 saturated heterocycles. The fraction of sp³-hybridized carbons (Fsp3) is 0.136. The molecule has 0 saturated carbocycles. The minimum absolute atomic E-state index is 0.273. The molecular formula is C22H18ClN7O. The summed E-state index contributed by atoms with van der Waals surface area (Å²) >= 11 is 5.98. The molecule has 0 aliphatic carbocycles. The second-order valence-electron chi connectivity index (χ2n) is 7.20. The summed E-state index contributed by atoms with van der Waals surface area (Å²) in [5.41, 5.74) is 4.17. The van der Waals surface area contributed by atoms with Gasteiger partial charge in [-0.2, -0.15) is 5.10 Å². The van der Waals surface area contributed by atoms with Crippen LogP contribution in [0.1, 0.15) is 27.2 Å². The van der Waals surface area contributed by atoms with E-state index in [1.54, 1.807) is 27.7 Å². The number of halogens is 1. The van der Waals surface area contributed by atoms with Crippen LogP contribution in [0, 0.1) is 6.92 Å². The Balaban J connectivity index is 1.32. The minimum atomic E-state index is -0.478. The minimum Gasteiger partial charge on any atom is -0.346 e. The summed E-state index contributed by atoms with van der Waals surface area (Å²) in [6.07, 6.45) is 8.71. The van der Waals surface area contributed by atoms with Crippen molar-refractivity contribution in [3.8, 4) is 5.69 Å². The summed E-state index contributed by atoms with van der Waals surface area (Å²) in [6, 6.07) is 11.8. The van der Waals surface area contributed by atoms with Gasteiger partial charge >= 0.3 is 0 Å². The smallest absolute Gasteiger partial charge is 0.271 e. The zero-order valence-corrected chi connectivity index (χ0v) is 17.4. The maximum Gasteiger partial charge on any atom is 0.271 e. The van der Waals surface area contributed by atoms with Crippen LogP contribution < -0.4 is 5.32 Å². The van der Waals surface area contributed by atoms with E-state index in [0.717, 1.165) is 22.4 Å². The zero-order valence-electron chi connectivity index (χ0n) is 16.6. The number of hydrogen-bond acceptors (Lipinski definition) is 5. The van der Waals surface area contributed by atoms with E-state index in [9.17, 15) is 4.79 Å². The van der Waals surface area contributed by atoms with E-state index >= 15 is 0 Å². The van der Waals surface area contributed by atoms with Crippen molar-refractivity contribution in [1.29, 1.82) is 0 Å². The Bertz CT molecular complexity index is 1350. The number of alkyl halides is 1. The highest BCUT2D eigenvalue weighted by Gasteiger charge is 2.18. The first-order valence-corrected chi connectivity index (χ1v) is 10.1. The van der Waals surface area contributed by atoms with E-state index in [-0.39, 0.29) is 5.91 Å². The molecule has 1 aromatic carbocycles. The van der Waals surface area contributed by atoms with Gasteiger partial charge in [0.25, 0.3) is 5.91 Å². The molecule has 0 spiro atoms. The lowest BCUT2D eigenvalue weighted by molar-refractivity contribution is 0.0946. The highest BCUT2D eigenvalue weighted by molar-refractivity contribution is 6.31. The number of pyridine rings is 1. The molecular weight excluding hydrogens is 414 g/mol. The Hall–Kier alpha value is -3.78. The molecule has 0 fully saturated rings. The number of benzene rings is 1. The van der Waals surface area contributed by atoms with Gasteiger partial charge in [0.1, 0.15) is 11.3 Å². The molecule has 154 valence electrons. The van der Waals surface area contributed by atoms with Gasteiger partial charge in [-0.3, -0.25) is 4.79 Å². The molecule has 1 N–H and O–H groups in total. The molecule has 0 bridgehead atoms. The van der Waals surface area contributed by atoms with Crippen molar-refractivity contribution >= 4 is 35.2 Å². The lowest BCUT2D eigenvalue weighted by atomic mass is 10.2. The van der Waals surface area contributed by atoms with Crippen LogP contribution in [0.3, 0.4) is 0 Å². The summed E-state index contributed by atoms with van der Waals surface area (Å²) in [4.78, 5) is 25.7. The number of nitrogens with one attached hydrogen (secondary N) is 1. The number of fused-ring (bicyclic) bond motifs is 1. The summed E-state index contributed by atoms with van der Waals surface area (Å²) < 4.78 is 3.57. The fourth-order valence-electron chi connectivity index (χ4n) is 3.39. The monoisotopic (exact) mass is 431 g/mol. The second kappa shape index (κ2) is 7.81. The number of nitrogens with zero attached hydrogens (tertiary/aromatic N) is 6. The van der Waals surface area contributed by atoms with E-state index in [1.807, 2.05) is 49.6 Å². The van der Waals surface area contributed by atoms with Crippen molar-refractivity contribution in [3.05, 3.63) is 83.6 Å². The Labute approximate surface area is 182 Å². The van der Waals surface area contributed by atoms with Gasteiger partial charge in [-0.25, -0.2) is 19.7 Å². The van der Waals surface area contributed by atoms with Crippen molar-refractivity contribution in [1.82, 2.24) is 24.5 Å². The number of amides is 1. The molecule has 1 amide bonds. The fourth-order valence-corrected chi connectivity index (χ4v) is 3.54. The summed E-state index contributed by atoms with van der Waals surface area (Å²) in [5.74, 6) is 0.233. The zero-order chi connectivity index (χ0) is 21.4. The topological polar surface area (TPSA) is 88.9 Å². The first-order chi connectivity index (χ1) is 15.1. The number of aromatic nitrogens is 4. The quantitative estimate of drug-likeness (QED) is 0.389. The number of imidazole rings is 1. The van der Waals surface area contributed by atoms with Gasteiger partial charge in [-0.1, -0.05) is 23.7 Å². The normalized spacial score (nSPS) is 15.4. The third kappa shape index (κ3) is 3.85. The van der Waals surface area contributed by atoms with E-state index < -0.39 is 5.50 Å². The van der Waals surface area contributed by atoms with Crippen molar-refractivity contribution in [2.45, 2.75) is 19.0 Å². The molecule has 31 heavy (non-hydrogen) atoms. The van der Waals surface area contributed by atoms with Crippen LogP contribution in [0.15, 0.2) is 71.2 Å². The largest absolute Gasteiger partial charge is 0.346 e. The number of aryl methyl sites for hydroxylation is 1. The third-order valence-corrected chi connectivity index (χ3v) is 5.09. The van der Waals surface area contributed by atoms with Crippen LogP contribution in [0.25, 0.3) is 11.3 Å². The Kier molecular flexibility index (Phi) is 4.83.